The molecule has 0 saturated carbocycles. The Morgan fingerprint density at radius 1 is 0.731 bits per heavy atom. The maximum absolute atomic E-state index is 10.4. The maximum Gasteiger partial charge on any atom is 2.00 e. The van der Waals surface area contributed by atoms with Gasteiger partial charge in [-0.15, -0.1) is 0 Å². The molecule has 0 aromatic heterocycles. The molecule has 0 saturated heterocycles. The summed E-state index contributed by atoms with van der Waals surface area (Å²) >= 11 is 0. The van der Waals surface area contributed by atoms with Gasteiger partial charge in [0.25, 0.3) is 0 Å². The van der Waals surface area contributed by atoms with Gasteiger partial charge in [0.05, 0.1) is 9.79 Å². The maximum atomic E-state index is 10.4. The number of hydrogen-bond donors (Lipinski definition) is 1. The molecular formula is C16H20FeO7S2. The molecule has 7 nitrogen and oxygen atoms in total. The van der Waals surface area contributed by atoms with Crippen LogP contribution in [0.1, 0.15) is 18.1 Å². The van der Waals surface area contributed by atoms with Crippen molar-refractivity contribution >= 4 is 20.2 Å². The van der Waals surface area contributed by atoms with Crippen LogP contribution < -0.4 is 0 Å². The molecule has 0 aliphatic heterocycles. The van der Waals surface area contributed by atoms with Crippen molar-refractivity contribution in [2.45, 2.75) is 30.6 Å². The molecule has 0 atom stereocenters. The Hall–Kier alpha value is -1.26. The molecular weight excluding hydrogens is 424 g/mol. The van der Waals surface area contributed by atoms with Crippen LogP contribution in [0.15, 0.2) is 58.3 Å². The first-order valence-corrected chi connectivity index (χ1v) is 9.89. The summed E-state index contributed by atoms with van der Waals surface area (Å²) in [6, 6.07) is 11.6. The van der Waals surface area contributed by atoms with Gasteiger partial charge in [-0.25, -0.2) is 16.8 Å². The van der Waals surface area contributed by atoms with Gasteiger partial charge in [-0.2, -0.15) is 0 Å². The zero-order chi connectivity index (χ0) is 19.7. The first-order valence-electron chi connectivity index (χ1n) is 7.07. The SMILES string of the molecule is CCO.Cc1ccc(S(=O)(=O)[O-])cc1.Cc1ccc(S(=O)(=O)[O-])cc1.[Fe+2]. The molecule has 0 amide bonds. The predicted molar refractivity (Wildman–Crippen MR) is 91.0 cm³/mol. The predicted octanol–water partition coefficient (Wildman–Crippen LogP) is 1.79. The average Bonchev–Trinajstić information content (AvgIpc) is 2.47. The van der Waals surface area contributed by atoms with E-state index in [9.17, 15) is 25.9 Å². The standard InChI is InChI=1S/2C7H8O3S.C2H6O.Fe/c2*1-6-2-4-7(5-3-6)11(8,9)10;1-2-3;/h2*2-5H,1H3,(H,8,9,10);3H,2H2,1H3;/q;;;+2/p-2. The van der Waals surface area contributed by atoms with Crippen molar-refractivity contribution in [2.24, 2.45) is 0 Å². The number of rotatable bonds is 2. The molecule has 0 bridgehead atoms. The van der Waals surface area contributed by atoms with Crippen LogP contribution in [0, 0.1) is 13.8 Å². The minimum atomic E-state index is -4.27. The third-order valence-electron chi connectivity index (χ3n) is 2.62. The van der Waals surface area contributed by atoms with E-state index in [4.69, 9.17) is 5.11 Å². The second kappa shape index (κ2) is 12.2. The van der Waals surface area contributed by atoms with E-state index in [2.05, 4.69) is 0 Å². The molecule has 2 rings (SSSR count). The van der Waals surface area contributed by atoms with Crippen molar-refractivity contribution in [1.82, 2.24) is 0 Å². The smallest absolute Gasteiger partial charge is 0.744 e. The fourth-order valence-corrected chi connectivity index (χ4v) is 2.35. The van der Waals surface area contributed by atoms with Crippen LogP contribution in [0.2, 0.25) is 0 Å². The van der Waals surface area contributed by atoms with E-state index in [1.807, 2.05) is 13.8 Å². The molecule has 0 aliphatic carbocycles. The molecule has 0 heterocycles. The van der Waals surface area contributed by atoms with E-state index in [1.54, 1.807) is 31.2 Å². The normalized spacial score (nSPS) is 10.4. The molecule has 0 spiro atoms. The summed E-state index contributed by atoms with van der Waals surface area (Å²) in [6.07, 6.45) is 0. The third-order valence-corrected chi connectivity index (χ3v) is 4.32. The quantitative estimate of drug-likeness (QED) is 0.551. The van der Waals surface area contributed by atoms with Gasteiger partial charge >= 0.3 is 17.1 Å². The largest absolute Gasteiger partial charge is 2.00 e. The van der Waals surface area contributed by atoms with Crippen LogP contribution in [-0.2, 0) is 37.3 Å². The van der Waals surface area contributed by atoms with E-state index in [0.717, 1.165) is 11.1 Å². The van der Waals surface area contributed by atoms with Gasteiger partial charge in [0.1, 0.15) is 20.2 Å². The van der Waals surface area contributed by atoms with Crippen LogP contribution in [-0.4, -0.2) is 37.7 Å². The number of aliphatic hydroxyl groups excluding tert-OH is 1. The van der Waals surface area contributed by atoms with Crippen molar-refractivity contribution in [2.75, 3.05) is 6.61 Å². The summed E-state index contributed by atoms with van der Waals surface area (Å²) in [6.45, 7) is 5.57. The van der Waals surface area contributed by atoms with Crippen LogP contribution in [0.3, 0.4) is 0 Å². The summed E-state index contributed by atoms with van der Waals surface area (Å²) in [5.41, 5.74) is 1.86. The summed E-state index contributed by atoms with van der Waals surface area (Å²) in [4.78, 5) is -0.355. The van der Waals surface area contributed by atoms with Gasteiger partial charge < -0.3 is 14.2 Å². The van der Waals surface area contributed by atoms with E-state index >= 15 is 0 Å². The first kappa shape index (κ1) is 27.0. The fourth-order valence-electron chi connectivity index (χ4n) is 1.41. The second-order valence-electron chi connectivity index (χ2n) is 4.85. The molecule has 2 aromatic rings. The first-order chi connectivity index (χ1) is 11.4. The Bertz CT molecular complexity index is 771. The van der Waals surface area contributed by atoms with Gasteiger partial charge in [0, 0.05) is 6.61 Å². The van der Waals surface area contributed by atoms with Crippen molar-refractivity contribution < 1.29 is 48.1 Å². The van der Waals surface area contributed by atoms with Crippen molar-refractivity contribution in [3.05, 3.63) is 59.7 Å². The Morgan fingerprint density at radius 3 is 1.08 bits per heavy atom. The number of aryl methyl sites for hydroxylation is 2. The van der Waals surface area contributed by atoms with Crippen molar-refractivity contribution in [3.63, 3.8) is 0 Å². The van der Waals surface area contributed by atoms with Gasteiger partial charge in [-0.1, -0.05) is 35.4 Å². The summed E-state index contributed by atoms with van der Waals surface area (Å²) in [7, 11) is -8.54. The Labute approximate surface area is 165 Å². The Morgan fingerprint density at radius 2 is 0.923 bits per heavy atom. The summed E-state index contributed by atoms with van der Waals surface area (Å²) < 4.78 is 62.3. The van der Waals surface area contributed by atoms with Crippen molar-refractivity contribution in [1.29, 1.82) is 0 Å². The molecule has 0 unspecified atom stereocenters. The number of aliphatic hydroxyl groups is 1. The monoisotopic (exact) mass is 444 g/mol. The van der Waals surface area contributed by atoms with Crippen LogP contribution in [0.4, 0.5) is 0 Å². The van der Waals surface area contributed by atoms with E-state index in [1.165, 1.54) is 24.3 Å². The average molecular weight is 444 g/mol. The summed E-state index contributed by atoms with van der Waals surface area (Å²) in [5.74, 6) is 0. The molecule has 0 radical (unpaired) electrons. The number of benzene rings is 2. The van der Waals surface area contributed by atoms with Gasteiger partial charge in [0.2, 0.25) is 0 Å². The van der Waals surface area contributed by atoms with Crippen LogP contribution >= 0.6 is 0 Å². The minimum absolute atomic E-state index is 0. The van der Waals surface area contributed by atoms with E-state index in [-0.39, 0.29) is 33.5 Å². The third kappa shape index (κ3) is 11.4. The van der Waals surface area contributed by atoms with Crippen LogP contribution in [0.5, 0.6) is 0 Å². The topological polar surface area (TPSA) is 135 Å². The Balaban J connectivity index is 0. The molecule has 26 heavy (non-hydrogen) atoms. The van der Waals surface area contributed by atoms with E-state index < -0.39 is 20.2 Å². The molecule has 1 N–H and O–H groups in total. The second-order valence-corrected chi connectivity index (χ2v) is 7.61. The van der Waals surface area contributed by atoms with Crippen molar-refractivity contribution in [3.8, 4) is 0 Å². The zero-order valence-electron chi connectivity index (χ0n) is 14.4. The van der Waals surface area contributed by atoms with E-state index in [0.29, 0.717) is 0 Å². The Kier molecular flexibility index (Phi) is 12.6. The molecule has 146 valence electrons. The molecule has 0 aliphatic rings. The zero-order valence-corrected chi connectivity index (χ0v) is 17.1. The van der Waals surface area contributed by atoms with Gasteiger partial charge in [-0.3, -0.25) is 0 Å². The minimum Gasteiger partial charge on any atom is -0.744 e. The van der Waals surface area contributed by atoms with Gasteiger partial charge in [0.15, 0.2) is 0 Å². The molecule has 10 heteroatoms. The molecule has 0 fully saturated rings. The summed E-state index contributed by atoms with van der Waals surface area (Å²) in [5, 5.41) is 7.57. The van der Waals surface area contributed by atoms with Gasteiger partial charge in [-0.05, 0) is 45.0 Å². The fraction of sp³-hybridized carbons (Fsp3) is 0.250. The number of hydrogen-bond acceptors (Lipinski definition) is 7. The van der Waals surface area contributed by atoms with Crippen LogP contribution in [0.25, 0.3) is 0 Å². The molecule has 2 aromatic carbocycles.